The summed E-state index contributed by atoms with van der Waals surface area (Å²) in [5.74, 6) is 1.72. The zero-order valence-electron chi connectivity index (χ0n) is 14.1. The van der Waals surface area contributed by atoms with E-state index in [1.54, 1.807) is 7.11 Å². The molecule has 6 heteroatoms. The maximum atomic E-state index is 9.14. The Hall–Kier alpha value is -2.00. The smallest absolute Gasteiger partial charge is 0.193 e. The van der Waals surface area contributed by atoms with E-state index in [1.807, 2.05) is 31.2 Å². The number of methoxy groups -OCH3 is 1. The molecule has 1 aliphatic rings. The Morgan fingerprint density at radius 3 is 2.54 bits per heavy atom. The van der Waals surface area contributed by atoms with Crippen LogP contribution >= 0.6 is 11.8 Å². The molecule has 1 aromatic heterocycles. The Labute approximate surface area is 147 Å². The first-order valence-corrected chi connectivity index (χ1v) is 9.26. The Morgan fingerprint density at radius 2 is 1.92 bits per heavy atom. The first-order chi connectivity index (χ1) is 11.7. The largest absolute Gasteiger partial charge is 0.497 e. The van der Waals surface area contributed by atoms with Crippen molar-refractivity contribution in [3.63, 3.8) is 0 Å². The summed E-state index contributed by atoms with van der Waals surface area (Å²) in [4.78, 5) is 0. The molecular formula is C18H22N4OS. The van der Waals surface area contributed by atoms with Gasteiger partial charge in [0.25, 0.3) is 0 Å². The average Bonchev–Trinajstić information content (AvgIpc) is 3.05. The normalized spacial score (nSPS) is 16.5. The van der Waals surface area contributed by atoms with E-state index in [-0.39, 0.29) is 5.25 Å². The van der Waals surface area contributed by atoms with Crippen molar-refractivity contribution < 1.29 is 4.74 Å². The fourth-order valence-corrected chi connectivity index (χ4v) is 3.95. The highest BCUT2D eigenvalue weighted by atomic mass is 32.2. The zero-order valence-corrected chi connectivity index (χ0v) is 14.9. The van der Waals surface area contributed by atoms with Crippen LogP contribution < -0.4 is 4.74 Å². The quantitative estimate of drug-likeness (QED) is 0.751. The number of hydrogen-bond donors (Lipinski definition) is 0. The number of nitrogens with zero attached hydrogens (tertiary/aromatic N) is 4. The number of nitriles is 1. The van der Waals surface area contributed by atoms with Crippen molar-refractivity contribution in [2.24, 2.45) is 0 Å². The van der Waals surface area contributed by atoms with Crippen LogP contribution in [0.4, 0.5) is 0 Å². The molecule has 0 N–H and O–H groups in total. The minimum Gasteiger partial charge on any atom is -0.497 e. The highest BCUT2D eigenvalue weighted by Crippen LogP contribution is 2.36. The molecule has 3 rings (SSSR count). The molecule has 1 atom stereocenters. The monoisotopic (exact) mass is 342 g/mol. The van der Waals surface area contributed by atoms with Crippen LogP contribution in [-0.4, -0.2) is 27.1 Å². The average molecular weight is 342 g/mol. The standard InChI is InChI=1S/C18H22N4OS/c1-13(12-19)24-18-21-20-17(14-8-10-16(23-2)11-9-14)22(18)15-6-4-3-5-7-15/h8-11,13,15H,3-7H2,1-2H3. The van der Waals surface area contributed by atoms with Crippen molar-refractivity contribution in [1.29, 1.82) is 5.26 Å². The Morgan fingerprint density at radius 1 is 1.21 bits per heavy atom. The number of rotatable bonds is 5. The second-order valence-electron chi connectivity index (χ2n) is 6.09. The van der Waals surface area contributed by atoms with Crippen LogP contribution in [-0.2, 0) is 0 Å². The first-order valence-electron chi connectivity index (χ1n) is 8.38. The minimum atomic E-state index is -0.139. The van der Waals surface area contributed by atoms with Gasteiger partial charge < -0.3 is 4.74 Å². The number of benzene rings is 1. The Balaban J connectivity index is 1.99. The van der Waals surface area contributed by atoms with Crippen LogP contribution in [0.2, 0.25) is 0 Å². The zero-order chi connectivity index (χ0) is 16.9. The topological polar surface area (TPSA) is 63.7 Å². The summed E-state index contributed by atoms with van der Waals surface area (Å²) >= 11 is 1.49. The highest BCUT2D eigenvalue weighted by Gasteiger charge is 2.24. The molecule has 0 bridgehead atoms. The molecule has 0 saturated heterocycles. The lowest BCUT2D eigenvalue weighted by Crippen LogP contribution is -2.15. The highest BCUT2D eigenvalue weighted by molar-refractivity contribution is 8.00. The lowest BCUT2D eigenvalue weighted by atomic mass is 9.95. The number of hydrogen-bond acceptors (Lipinski definition) is 5. The second-order valence-corrected chi connectivity index (χ2v) is 7.39. The van der Waals surface area contributed by atoms with E-state index in [9.17, 15) is 0 Å². The number of ether oxygens (including phenoxy) is 1. The molecule has 1 saturated carbocycles. The molecule has 0 radical (unpaired) electrons. The molecular weight excluding hydrogens is 320 g/mol. The SMILES string of the molecule is COc1ccc(-c2nnc(SC(C)C#N)n2C2CCCCC2)cc1. The van der Waals surface area contributed by atoms with Gasteiger partial charge in [0.05, 0.1) is 18.4 Å². The van der Waals surface area contributed by atoms with Crippen molar-refractivity contribution in [3.8, 4) is 23.2 Å². The van der Waals surface area contributed by atoms with Gasteiger partial charge in [-0.2, -0.15) is 5.26 Å². The first kappa shape index (κ1) is 16.8. The van der Waals surface area contributed by atoms with Gasteiger partial charge in [0.15, 0.2) is 11.0 Å². The van der Waals surface area contributed by atoms with E-state index in [4.69, 9.17) is 10.00 Å². The van der Waals surface area contributed by atoms with Crippen molar-refractivity contribution in [2.75, 3.05) is 7.11 Å². The lowest BCUT2D eigenvalue weighted by molar-refractivity contribution is 0.339. The molecule has 1 aliphatic carbocycles. The van der Waals surface area contributed by atoms with Gasteiger partial charge >= 0.3 is 0 Å². The summed E-state index contributed by atoms with van der Waals surface area (Å²) in [5.41, 5.74) is 1.03. The van der Waals surface area contributed by atoms with E-state index in [1.165, 1.54) is 31.0 Å². The molecule has 0 aliphatic heterocycles. The molecule has 1 unspecified atom stereocenters. The van der Waals surface area contributed by atoms with E-state index >= 15 is 0 Å². The molecule has 0 amide bonds. The van der Waals surface area contributed by atoms with E-state index in [0.29, 0.717) is 6.04 Å². The summed E-state index contributed by atoms with van der Waals surface area (Å²) in [6.07, 6.45) is 6.07. The molecule has 24 heavy (non-hydrogen) atoms. The minimum absolute atomic E-state index is 0.139. The van der Waals surface area contributed by atoms with E-state index in [2.05, 4.69) is 20.8 Å². The second kappa shape index (κ2) is 7.71. The molecule has 5 nitrogen and oxygen atoms in total. The van der Waals surface area contributed by atoms with Crippen LogP contribution in [0.25, 0.3) is 11.4 Å². The number of aromatic nitrogens is 3. The number of thioether (sulfide) groups is 1. The van der Waals surface area contributed by atoms with Crippen LogP contribution in [0.15, 0.2) is 29.4 Å². The predicted octanol–water partition coefficient (Wildman–Crippen LogP) is 4.46. The van der Waals surface area contributed by atoms with Gasteiger partial charge in [-0.3, -0.25) is 4.57 Å². The third kappa shape index (κ3) is 3.57. The summed E-state index contributed by atoms with van der Waals surface area (Å²) in [6.45, 7) is 1.90. The fourth-order valence-electron chi connectivity index (χ4n) is 3.15. The van der Waals surface area contributed by atoms with Gasteiger partial charge in [0, 0.05) is 11.6 Å². The van der Waals surface area contributed by atoms with Gasteiger partial charge in [-0.1, -0.05) is 31.0 Å². The van der Waals surface area contributed by atoms with Crippen molar-refractivity contribution >= 4 is 11.8 Å². The third-order valence-electron chi connectivity index (χ3n) is 4.42. The van der Waals surface area contributed by atoms with E-state index in [0.717, 1.165) is 35.1 Å². The van der Waals surface area contributed by atoms with Gasteiger partial charge in [-0.05, 0) is 44.0 Å². The predicted molar refractivity (Wildman–Crippen MR) is 95.1 cm³/mol. The van der Waals surface area contributed by atoms with Gasteiger partial charge in [-0.25, -0.2) is 0 Å². The van der Waals surface area contributed by atoms with Crippen molar-refractivity contribution in [1.82, 2.24) is 14.8 Å². The maximum Gasteiger partial charge on any atom is 0.193 e. The summed E-state index contributed by atoms with van der Waals surface area (Å²) < 4.78 is 7.49. The van der Waals surface area contributed by atoms with Crippen LogP contribution in [0.3, 0.4) is 0 Å². The van der Waals surface area contributed by atoms with Crippen molar-refractivity contribution in [3.05, 3.63) is 24.3 Å². The lowest BCUT2D eigenvalue weighted by Gasteiger charge is -2.25. The fraction of sp³-hybridized carbons (Fsp3) is 0.500. The van der Waals surface area contributed by atoms with Crippen LogP contribution in [0.5, 0.6) is 5.75 Å². The maximum absolute atomic E-state index is 9.14. The Bertz CT molecular complexity index is 714. The summed E-state index contributed by atoms with van der Waals surface area (Å²) in [7, 11) is 1.66. The van der Waals surface area contributed by atoms with Crippen molar-refractivity contribution in [2.45, 2.75) is 55.5 Å². The third-order valence-corrected chi connectivity index (χ3v) is 5.36. The van der Waals surface area contributed by atoms with Crippen LogP contribution in [0.1, 0.15) is 45.1 Å². The molecule has 126 valence electrons. The molecule has 2 aromatic rings. The Kier molecular flexibility index (Phi) is 5.41. The molecule has 1 heterocycles. The molecule has 1 fully saturated rings. The summed E-state index contributed by atoms with van der Waals surface area (Å²) in [5, 5.41) is 18.7. The molecule has 1 aromatic carbocycles. The van der Waals surface area contributed by atoms with E-state index < -0.39 is 0 Å². The molecule has 0 spiro atoms. The summed E-state index contributed by atoms with van der Waals surface area (Å²) in [6, 6.07) is 10.6. The van der Waals surface area contributed by atoms with Gasteiger partial charge in [-0.15, -0.1) is 10.2 Å². The van der Waals surface area contributed by atoms with Gasteiger partial charge in [0.2, 0.25) is 0 Å². The van der Waals surface area contributed by atoms with Gasteiger partial charge in [0.1, 0.15) is 5.75 Å². The van der Waals surface area contributed by atoms with Crippen LogP contribution in [0, 0.1) is 11.3 Å².